The molecule has 0 bridgehead atoms. The second-order valence-electron chi connectivity index (χ2n) is 4.19. The van der Waals surface area contributed by atoms with Gasteiger partial charge in [0.25, 0.3) is 5.91 Å². The molecule has 1 amide bonds. The second-order valence-corrected chi connectivity index (χ2v) is 4.97. The zero-order valence-electron chi connectivity index (χ0n) is 10.3. The molecule has 2 rings (SSSR count). The van der Waals surface area contributed by atoms with E-state index in [0.717, 1.165) is 11.1 Å². The molecule has 0 unspecified atom stereocenters. The fraction of sp³-hybridized carbons (Fsp3) is 0.214. The van der Waals surface area contributed by atoms with Gasteiger partial charge in [0.1, 0.15) is 0 Å². The molecule has 0 spiro atoms. The van der Waals surface area contributed by atoms with Gasteiger partial charge in [-0.15, -0.1) is 0 Å². The number of carbonyl (C=O) groups excluding carboxylic acids is 1. The van der Waals surface area contributed by atoms with Gasteiger partial charge in [0, 0.05) is 25.7 Å². The van der Waals surface area contributed by atoms with Crippen molar-refractivity contribution < 1.29 is 4.79 Å². The first-order valence-corrected chi connectivity index (χ1v) is 6.70. The molecule has 2 N–H and O–H groups in total. The number of hydrogen-bond acceptors (Lipinski definition) is 3. The highest BCUT2D eigenvalue weighted by molar-refractivity contribution is 7.07. The zero-order valence-corrected chi connectivity index (χ0v) is 11.1. The van der Waals surface area contributed by atoms with Crippen LogP contribution in [0.3, 0.4) is 0 Å². The standard InChI is InChI=1S/C14H16N2OS/c1-16(9-12-6-7-18-10-12)14(17)13-4-2-11(8-15)3-5-13/h2-7,10H,8-9,15H2,1H3. The lowest BCUT2D eigenvalue weighted by Crippen LogP contribution is -2.25. The Morgan fingerprint density at radius 2 is 1.94 bits per heavy atom. The highest BCUT2D eigenvalue weighted by atomic mass is 32.1. The molecule has 94 valence electrons. The van der Waals surface area contributed by atoms with Crippen molar-refractivity contribution in [1.29, 1.82) is 0 Å². The van der Waals surface area contributed by atoms with Crippen LogP contribution in [-0.2, 0) is 13.1 Å². The Hall–Kier alpha value is -1.65. The van der Waals surface area contributed by atoms with Crippen LogP contribution < -0.4 is 5.73 Å². The number of thiophene rings is 1. The number of amides is 1. The maximum atomic E-state index is 12.2. The van der Waals surface area contributed by atoms with Crippen LogP contribution in [0.2, 0.25) is 0 Å². The first-order valence-electron chi connectivity index (χ1n) is 5.76. The summed E-state index contributed by atoms with van der Waals surface area (Å²) >= 11 is 1.64. The first-order chi connectivity index (χ1) is 8.70. The van der Waals surface area contributed by atoms with E-state index in [9.17, 15) is 4.79 Å². The molecule has 0 aliphatic carbocycles. The predicted molar refractivity (Wildman–Crippen MR) is 74.4 cm³/mol. The van der Waals surface area contributed by atoms with Crippen molar-refractivity contribution in [3.05, 3.63) is 57.8 Å². The van der Waals surface area contributed by atoms with Gasteiger partial charge < -0.3 is 10.6 Å². The quantitative estimate of drug-likeness (QED) is 0.918. The lowest BCUT2D eigenvalue weighted by molar-refractivity contribution is 0.0785. The molecule has 1 aromatic heterocycles. The van der Waals surface area contributed by atoms with Crippen molar-refractivity contribution >= 4 is 17.2 Å². The number of rotatable bonds is 4. The van der Waals surface area contributed by atoms with E-state index in [0.29, 0.717) is 18.7 Å². The molecular formula is C14H16N2OS. The number of nitrogens with two attached hydrogens (primary N) is 1. The molecule has 3 nitrogen and oxygen atoms in total. The Bertz CT molecular complexity index is 505. The van der Waals surface area contributed by atoms with Gasteiger partial charge in [-0.05, 0) is 40.1 Å². The molecule has 0 radical (unpaired) electrons. The van der Waals surface area contributed by atoms with E-state index in [-0.39, 0.29) is 5.91 Å². The molecule has 0 aliphatic heterocycles. The Morgan fingerprint density at radius 3 is 2.50 bits per heavy atom. The smallest absolute Gasteiger partial charge is 0.253 e. The third kappa shape index (κ3) is 2.97. The Labute approximate surface area is 111 Å². The van der Waals surface area contributed by atoms with Crippen molar-refractivity contribution in [2.75, 3.05) is 7.05 Å². The van der Waals surface area contributed by atoms with Gasteiger partial charge in [0.05, 0.1) is 0 Å². The van der Waals surface area contributed by atoms with E-state index >= 15 is 0 Å². The number of carbonyl (C=O) groups is 1. The molecule has 0 saturated heterocycles. The van der Waals surface area contributed by atoms with Gasteiger partial charge in [-0.1, -0.05) is 12.1 Å². The number of benzene rings is 1. The second kappa shape index (κ2) is 5.80. The predicted octanol–water partition coefficient (Wildman–Crippen LogP) is 2.48. The summed E-state index contributed by atoms with van der Waals surface area (Å²) in [7, 11) is 1.82. The number of nitrogens with zero attached hydrogens (tertiary/aromatic N) is 1. The van der Waals surface area contributed by atoms with Gasteiger partial charge >= 0.3 is 0 Å². The van der Waals surface area contributed by atoms with Crippen LogP contribution in [0.4, 0.5) is 0 Å². The summed E-state index contributed by atoms with van der Waals surface area (Å²) in [4.78, 5) is 13.9. The lowest BCUT2D eigenvalue weighted by Gasteiger charge is -2.16. The van der Waals surface area contributed by atoms with Crippen LogP contribution in [0.15, 0.2) is 41.1 Å². The molecule has 18 heavy (non-hydrogen) atoms. The zero-order chi connectivity index (χ0) is 13.0. The SMILES string of the molecule is CN(Cc1ccsc1)C(=O)c1ccc(CN)cc1. The molecular weight excluding hydrogens is 244 g/mol. The molecule has 2 aromatic rings. The maximum absolute atomic E-state index is 12.2. The Morgan fingerprint density at radius 1 is 1.22 bits per heavy atom. The molecule has 0 fully saturated rings. The van der Waals surface area contributed by atoms with E-state index in [1.54, 1.807) is 16.2 Å². The Kier molecular flexibility index (Phi) is 4.12. The summed E-state index contributed by atoms with van der Waals surface area (Å²) in [6, 6.07) is 9.48. The molecule has 0 atom stereocenters. The summed E-state index contributed by atoms with van der Waals surface area (Å²) in [6.07, 6.45) is 0. The minimum absolute atomic E-state index is 0.0322. The third-order valence-corrected chi connectivity index (χ3v) is 3.52. The van der Waals surface area contributed by atoms with Gasteiger partial charge in [-0.3, -0.25) is 4.79 Å². The normalized spacial score (nSPS) is 10.3. The molecule has 0 saturated carbocycles. The monoisotopic (exact) mass is 260 g/mol. The largest absolute Gasteiger partial charge is 0.337 e. The molecule has 0 aliphatic rings. The van der Waals surface area contributed by atoms with E-state index in [4.69, 9.17) is 5.73 Å². The summed E-state index contributed by atoms with van der Waals surface area (Å²) < 4.78 is 0. The van der Waals surface area contributed by atoms with Crippen LogP contribution in [-0.4, -0.2) is 17.9 Å². The average Bonchev–Trinajstić information content (AvgIpc) is 2.91. The van der Waals surface area contributed by atoms with Gasteiger partial charge in [-0.25, -0.2) is 0 Å². The fourth-order valence-electron chi connectivity index (χ4n) is 1.73. The van der Waals surface area contributed by atoms with Crippen LogP contribution in [0.25, 0.3) is 0 Å². The van der Waals surface area contributed by atoms with E-state index in [2.05, 4.69) is 5.38 Å². The molecule has 4 heteroatoms. The van der Waals surface area contributed by atoms with Gasteiger partial charge in [-0.2, -0.15) is 11.3 Å². The van der Waals surface area contributed by atoms with E-state index in [1.165, 1.54) is 0 Å². The van der Waals surface area contributed by atoms with Gasteiger partial charge in [0.2, 0.25) is 0 Å². The van der Waals surface area contributed by atoms with E-state index < -0.39 is 0 Å². The van der Waals surface area contributed by atoms with Crippen LogP contribution in [0.5, 0.6) is 0 Å². The lowest BCUT2D eigenvalue weighted by atomic mass is 10.1. The maximum Gasteiger partial charge on any atom is 0.253 e. The fourth-order valence-corrected chi connectivity index (χ4v) is 2.39. The first kappa shape index (κ1) is 12.8. The van der Waals surface area contributed by atoms with Crippen LogP contribution in [0, 0.1) is 0 Å². The van der Waals surface area contributed by atoms with Gasteiger partial charge in [0.15, 0.2) is 0 Å². The average molecular weight is 260 g/mol. The van der Waals surface area contributed by atoms with Crippen molar-refractivity contribution in [2.45, 2.75) is 13.1 Å². The summed E-state index contributed by atoms with van der Waals surface area (Å²) in [6.45, 7) is 1.14. The minimum Gasteiger partial charge on any atom is -0.337 e. The highest BCUT2D eigenvalue weighted by Gasteiger charge is 2.11. The molecule has 1 aromatic carbocycles. The van der Waals surface area contributed by atoms with Crippen molar-refractivity contribution in [2.24, 2.45) is 5.73 Å². The highest BCUT2D eigenvalue weighted by Crippen LogP contribution is 2.12. The van der Waals surface area contributed by atoms with Crippen LogP contribution >= 0.6 is 11.3 Å². The minimum atomic E-state index is 0.0322. The van der Waals surface area contributed by atoms with Crippen molar-refractivity contribution in [3.63, 3.8) is 0 Å². The van der Waals surface area contributed by atoms with E-state index in [1.807, 2.05) is 42.8 Å². The summed E-state index contributed by atoms with van der Waals surface area (Å²) in [5.41, 5.74) is 8.43. The Balaban J connectivity index is 2.05. The summed E-state index contributed by atoms with van der Waals surface area (Å²) in [5.74, 6) is 0.0322. The van der Waals surface area contributed by atoms with Crippen molar-refractivity contribution in [1.82, 2.24) is 4.90 Å². The molecule has 1 heterocycles. The van der Waals surface area contributed by atoms with Crippen molar-refractivity contribution in [3.8, 4) is 0 Å². The summed E-state index contributed by atoms with van der Waals surface area (Å²) in [5, 5.41) is 4.07. The number of hydrogen-bond donors (Lipinski definition) is 1. The van der Waals surface area contributed by atoms with Crippen LogP contribution in [0.1, 0.15) is 21.5 Å². The third-order valence-electron chi connectivity index (χ3n) is 2.78. The topological polar surface area (TPSA) is 46.3 Å².